The number of nitrogens with two attached hydrogens (primary N) is 1. The highest BCUT2D eigenvalue weighted by molar-refractivity contribution is 5.97. The van der Waals surface area contributed by atoms with Gasteiger partial charge in [0, 0.05) is 5.69 Å². The number of rotatable bonds is 1. The average molecular weight is 306 g/mol. The smallest absolute Gasteiger partial charge is 0.339 e. The number of hydrogen-bond acceptors (Lipinski definition) is 4. The summed E-state index contributed by atoms with van der Waals surface area (Å²) in [6.45, 7) is 0. The van der Waals surface area contributed by atoms with Crippen LogP contribution >= 0.6 is 0 Å². The van der Waals surface area contributed by atoms with Crippen molar-refractivity contribution >= 4 is 22.4 Å². The lowest BCUT2D eigenvalue weighted by Crippen LogP contribution is -1.96. The fourth-order valence-corrected chi connectivity index (χ4v) is 1.96. The highest BCUT2D eigenvalue weighted by Crippen LogP contribution is 2.24. The van der Waals surface area contributed by atoms with Crippen molar-refractivity contribution in [1.29, 1.82) is 5.26 Å². The van der Waals surface area contributed by atoms with Crippen LogP contribution in [-0.4, -0.2) is 16.2 Å². The fourth-order valence-electron chi connectivity index (χ4n) is 1.96. The number of nitrogens with zero attached hydrogens (tertiary/aromatic N) is 1. The molecule has 0 spiro atoms. The van der Waals surface area contributed by atoms with E-state index in [1.807, 2.05) is 24.3 Å². The van der Waals surface area contributed by atoms with E-state index in [9.17, 15) is 9.90 Å². The van der Waals surface area contributed by atoms with Gasteiger partial charge < -0.3 is 15.9 Å². The van der Waals surface area contributed by atoms with Crippen molar-refractivity contribution in [2.24, 2.45) is 0 Å². The van der Waals surface area contributed by atoms with E-state index in [0.717, 1.165) is 10.8 Å². The molecule has 4 N–H and O–H groups in total. The zero-order valence-electron chi connectivity index (χ0n) is 12.1. The Balaban J connectivity index is 0.000000185. The monoisotopic (exact) mass is 306 g/mol. The molecule has 23 heavy (non-hydrogen) atoms. The molecule has 5 nitrogen and oxygen atoms in total. The number of carbonyl (C=O) groups is 1. The first-order chi connectivity index (χ1) is 11.0. The van der Waals surface area contributed by atoms with Gasteiger partial charge in [-0.2, -0.15) is 5.26 Å². The summed E-state index contributed by atoms with van der Waals surface area (Å²) in [5, 5.41) is 28.1. The van der Waals surface area contributed by atoms with Crippen LogP contribution in [0.1, 0.15) is 15.9 Å². The van der Waals surface area contributed by atoms with E-state index in [2.05, 4.69) is 0 Å². The van der Waals surface area contributed by atoms with Crippen molar-refractivity contribution in [3.05, 3.63) is 71.8 Å². The summed E-state index contributed by atoms with van der Waals surface area (Å²) >= 11 is 0. The maximum absolute atomic E-state index is 10.7. The van der Waals surface area contributed by atoms with Gasteiger partial charge in [-0.05, 0) is 47.2 Å². The molecule has 0 fully saturated rings. The largest absolute Gasteiger partial charge is 0.507 e. The summed E-state index contributed by atoms with van der Waals surface area (Å²) in [4.78, 5) is 10.7. The molecule has 0 bridgehead atoms. The summed E-state index contributed by atoms with van der Waals surface area (Å²) in [7, 11) is 0. The van der Waals surface area contributed by atoms with Crippen molar-refractivity contribution in [3.63, 3.8) is 0 Å². The Labute approximate surface area is 132 Å². The topological polar surface area (TPSA) is 107 Å². The molecule has 0 aromatic heterocycles. The zero-order chi connectivity index (χ0) is 16.8. The van der Waals surface area contributed by atoms with Crippen LogP contribution in [0.5, 0.6) is 5.75 Å². The van der Waals surface area contributed by atoms with E-state index >= 15 is 0 Å². The van der Waals surface area contributed by atoms with Crippen LogP contribution in [0, 0.1) is 11.3 Å². The molecule has 0 aliphatic rings. The third-order valence-corrected chi connectivity index (χ3v) is 3.13. The number of carboxylic acid groups (broad SMARTS) is 1. The molecule has 0 aliphatic carbocycles. The van der Waals surface area contributed by atoms with Crippen molar-refractivity contribution in [2.75, 3.05) is 5.73 Å². The first-order valence-electron chi connectivity index (χ1n) is 6.72. The Morgan fingerprint density at radius 1 is 1.00 bits per heavy atom. The van der Waals surface area contributed by atoms with Gasteiger partial charge in [0.15, 0.2) is 0 Å². The number of aromatic hydroxyl groups is 1. The van der Waals surface area contributed by atoms with E-state index < -0.39 is 5.97 Å². The third kappa shape index (κ3) is 3.99. The van der Waals surface area contributed by atoms with E-state index in [4.69, 9.17) is 16.1 Å². The Bertz CT molecular complexity index is 881. The first kappa shape index (κ1) is 15.9. The number of fused-ring (bicyclic) bond motifs is 1. The lowest BCUT2D eigenvalue weighted by Gasteiger charge is -2.02. The van der Waals surface area contributed by atoms with Gasteiger partial charge in [0.25, 0.3) is 0 Å². The molecule has 0 amide bonds. The molecule has 3 rings (SSSR count). The van der Waals surface area contributed by atoms with Crippen molar-refractivity contribution < 1.29 is 15.0 Å². The SMILES string of the molecule is N#Cc1ccc(N)cc1.O=C(O)c1cc2ccccc2cc1O. The van der Waals surface area contributed by atoms with Crippen LogP contribution in [0.4, 0.5) is 5.69 Å². The second-order valence-corrected chi connectivity index (χ2v) is 4.76. The predicted molar refractivity (Wildman–Crippen MR) is 88.1 cm³/mol. The summed E-state index contributed by atoms with van der Waals surface area (Å²) in [5.74, 6) is -1.32. The van der Waals surface area contributed by atoms with Gasteiger partial charge in [-0.1, -0.05) is 24.3 Å². The maximum Gasteiger partial charge on any atom is 0.339 e. The molecule has 0 heterocycles. The highest BCUT2D eigenvalue weighted by Gasteiger charge is 2.09. The van der Waals surface area contributed by atoms with Crippen LogP contribution in [0.3, 0.4) is 0 Å². The lowest BCUT2D eigenvalue weighted by molar-refractivity contribution is 0.0694. The van der Waals surface area contributed by atoms with E-state index in [0.29, 0.717) is 11.3 Å². The third-order valence-electron chi connectivity index (χ3n) is 3.13. The summed E-state index contributed by atoms with van der Waals surface area (Å²) < 4.78 is 0. The number of nitriles is 1. The molecule has 5 heteroatoms. The van der Waals surface area contributed by atoms with Crippen LogP contribution in [0.15, 0.2) is 60.7 Å². The molecule has 3 aromatic carbocycles. The predicted octanol–water partition coefficient (Wildman–Crippen LogP) is 3.38. The fraction of sp³-hybridized carbons (Fsp3) is 0. The molecule has 114 valence electrons. The van der Waals surface area contributed by atoms with E-state index in [1.165, 1.54) is 12.1 Å². The van der Waals surface area contributed by atoms with Gasteiger partial charge in [-0.3, -0.25) is 0 Å². The molecular weight excluding hydrogens is 292 g/mol. The van der Waals surface area contributed by atoms with Gasteiger partial charge in [0.05, 0.1) is 11.6 Å². The summed E-state index contributed by atoms with van der Waals surface area (Å²) in [6.07, 6.45) is 0. The second kappa shape index (κ2) is 6.96. The number of nitrogen functional groups attached to an aromatic ring is 1. The standard InChI is InChI=1S/C11H8O3.C7H6N2/c12-10-6-8-4-2-1-3-7(8)5-9(10)11(13)14;8-5-6-1-3-7(9)4-2-6/h1-6,12H,(H,13,14);1-4H,9H2. The van der Waals surface area contributed by atoms with Crippen LogP contribution in [0.2, 0.25) is 0 Å². The van der Waals surface area contributed by atoms with Crippen LogP contribution in [-0.2, 0) is 0 Å². The van der Waals surface area contributed by atoms with Crippen molar-refractivity contribution in [1.82, 2.24) is 0 Å². The van der Waals surface area contributed by atoms with Crippen molar-refractivity contribution in [2.45, 2.75) is 0 Å². The first-order valence-corrected chi connectivity index (χ1v) is 6.72. The minimum Gasteiger partial charge on any atom is -0.507 e. The summed E-state index contributed by atoms with van der Waals surface area (Å²) in [5.41, 5.74) is 6.64. The van der Waals surface area contributed by atoms with Gasteiger partial charge in [-0.25, -0.2) is 4.79 Å². The van der Waals surface area contributed by atoms with Crippen LogP contribution < -0.4 is 5.73 Å². The van der Waals surface area contributed by atoms with Gasteiger partial charge in [0.1, 0.15) is 11.3 Å². The van der Waals surface area contributed by atoms with Gasteiger partial charge in [0.2, 0.25) is 0 Å². The zero-order valence-corrected chi connectivity index (χ0v) is 12.1. The van der Waals surface area contributed by atoms with Gasteiger partial charge >= 0.3 is 5.97 Å². The molecule has 3 aromatic rings. The van der Waals surface area contributed by atoms with Crippen LogP contribution in [0.25, 0.3) is 10.8 Å². The number of hydrogen-bond donors (Lipinski definition) is 3. The summed E-state index contributed by atoms with van der Waals surface area (Å²) in [6, 6.07) is 19.0. The molecule has 0 unspecified atom stereocenters. The molecular formula is C18H14N2O3. The Kier molecular flexibility index (Phi) is 4.80. The number of carboxylic acids is 1. The quantitative estimate of drug-likeness (QED) is 0.597. The van der Waals surface area contributed by atoms with E-state index in [-0.39, 0.29) is 11.3 Å². The number of aromatic carboxylic acids is 1. The number of anilines is 1. The Morgan fingerprint density at radius 3 is 2.09 bits per heavy atom. The lowest BCUT2D eigenvalue weighted by atomic mass is 10.1. The maximum atomic E-state index is 10.7. The molecule has 0 saturated heterocycles. The molecule has 0 saturated carbocycles. The number of benzene rings is 3. The minimum absolute atomic E-state index is 0.0660. The highest BCUT2D eigenvalue weighted by atomic mass is 16.4. The molecule has 0 aliphatic heterocycles. The molecule has 0 atom stereocenters. The Morgan fingerprint density at radius 2 is 1.57 bits per heavy atom. The van der Waals surface area contributed by atoms with Crippen molar-refractivity contribution in [3.8, 4) is 11.8 Å². The van der Waals surface area contributed by atoms with Gasteiger partial charge in [-0.15, -0.1) is 0 Å². The average Bonchev–Trinajstić information content (AvgIpc) is 2.55. The number of phenols is 1. The minimum atomic E-state index is -1.12. The molecule has 0 radical (unpaired) electrons. The Hall–Kier alpha value is -3.52. The van der Waals surface area contributed by atoms with E-state index in [1.54, 1.807) is 30.3 Å². The normalized spacial score (nSPS) is 9.52. The second-order valence-electron chi connectivity index (χ2n) is 4.76.